The van der Waals surface area contributed by atoms with Crippen LogP contribution in [0.1, 0.15) is 16.7 Å². The van der Waals surface area contributed by atoms with Gasteiger partial charge in [-0.2, -0.15) is 0 Å². The van der Waals surface area contributed by atoms with Crippen LogP contribution in [-0.4, -0.2) is 31.2 Å². The van der Waals surface area contributed by atoms with Crippen molar-refractivity contribution in [1.82, 2.24) is 15.5 Å². The second kappa shape index (κ2) is 9.25. The summed E-state index contributed by atoms with van der Waals surface area (Å²) >= 11 is 5.33. The van der Waals surface area contributed by atoms with E-state index in [2.05, 4.69) is 53.9 Å². The number of nitrogens with one attached hydrogen (secondary N) is 2. The van der Waals surface area contributed by atoms with Crippen LogP contribution in [0.3, 0.4) is 0 Å². The van der Waals surface area contributed by atoms with Gasteiger partial charge in [-0.25, -0.2) is 0 Å². The van der Waals surface area contributed by atoms with Gasteiger partial charge in [-0.1, -0.05) is 36.4 Å². The van der Waals surface area contributed by atoms with Gasteiger partial charge in [0.1, 0.15) is 5.75 Å². The third-order valence-corrected chi connectivity index (χ3v) is 3.88. The van der Waals surface area contributed by atoms with Gasteiger partial charge in [-0.3, -0.25) is 0 Å². The number of methoxy groups -OCH3 is 1. The minimum absolute atomic E-state index is 0.656. The zero-order valence-corrected chi connectivity index (χ0v) is 15.3. The van der Waals surface area contributed by atoms with Crippen LogP contribution < -0.4 is 15.4 Å². The molecule has 24 heavy (non-hydrogen) atoms. The molecule has 5 heteroatoms. The van der Waals surface area contributed by atoms with Gasteiger partial charge in [-0.15, -0.1) is 0 Å². The average Bonchev–Trinajstić information content (AvgIpc) is 2.59. The molecule has 2 aromatic rings. The first-order valence-corrected chi connectivity index (χ1v) is 8.35. The molecule has 0 bridgehead atoms. The number of ether oxygens (including phenoxy) is 1. The summed E-state index contributed by atoms with van der Waals surface area (Å²) in [5, 5.41) is 7.11. The Kier molecular flexibility index (Phi) is 7.03. The van der Waals surface area contributed by atoms with Gasteiger partial charge in [0.25, 0.3) is 0 Å². The number of thiocarbonyl (C=S) groups is 1. The fourth-order valence-corrected chi connectivity index (χ4v) is 2.44. The molecular weight excluding hydrogens is 318 g/mol. The Morgan fingerprint density at radius 1 is 0.875 bits per heavy atom. The number of rotatable bonds is 7. The summed E-state index contributed by atoms with van der Waals surface area (Å²) in [5.41, 5.74) is 3.68. The zero-order valence-electron chi connectivity index (χ0n) is 14.5. The monoisotopic (exact) mass is 343 g/mol. The van der Waals surface area contributed by atoms with Crippen LogP contribution in [0.4, 0.5) is 0 Å². The topological polar surface area (TPSA) is 36.5 Å². The first-order chi connectivity index (χ1) is 11.6. The highest BCUT2D eigenvalue weighted by Gasteiger charge is 2.00. The summed E-state index contributed by atoms with van der Waals surface area (Å²) in [6.07, 6.45) is 0. The molecule has 0 aromatic heterocycles. The molecule has 0 unspecified atom stereocenters. The molecule has 0 amide bonds. The van der Waals surface area contributed by atoms with Crippen molar-refractivity contribution in [1.29, 1.82) is 0 Å². The summed E-state index contributed by atoms with van der Waals surface area (Å²) in [6.45, 7) is 2.36. The fraction of sp³-hybridized carbons (Fsp3) is 0.316. The van der Waals surface area contributed by atoms with Crippen LogP contribution in [0.25, 0.3) is 0 Å². The molecule has 0 radical (unpaired) electrons. The van der Waals surface area contributed by atoms with E-state index in [0.29, 0.717) is 11.7 Å². The second-order valence-electron chi connectivity index (χ2n) is 5.94. The van der Waals surface area contributed by atoms with Crippen molar-refractivity contribution in [2.45, 2.75) is 19.6 Å². The number of benzene rings is 2. The highest BCUT2D eigenvalue weighted by molar-refractivity contribution is 7.80. The Labute approximate surface area is 149 Å². The van der Waals surface area contributed by atoms with Crippen molar-refractivity contribution in [3.8, 4) is 5.75 Å². The van der Waals surface area contributed by atoms with Gasteiger partial charge in [0.2, 0.25) is 0 Å². The van der Waals surface area contributed by atoms with E-state index in [4.69, 9.17) is 17.0 Å². The van der Waals surface area contributed by atoms with Gasteiger partial charge in [0, 0.05) is 19.6 Å². The van der Waals surface area contributed by atoms with Crippen LogP contribution in [0.5, 0.6) is 5.75 Å². The van der Waals surface area contributed by atoms with Crippen molar-refractivity contribution in [2.24, 2.45) is 0 Å². The van der Waals surface area contributed by atoms with E-state index in [9.17, 15) is 0 Å². The van der Waals surface area contributed by atoms with Crippen LogP contribution in [-0.2, 0) is 19.6 Å². The van der Waals surface area contributed by atoms with Crippen molar-refractivity contribution < 1.29 is 4.74 Å². The molecule has 0 aliphatic rings. The van der Waals surface area contributed by atoms with E-state index in [1.165, 1.54) is 11.1 Å². The summed E-state index contributed by atoms with van der Waals surface area (Å²) < 4.78 is 5.15. The summed E-state index contributed by atoms with van der Waals surface area (Å²) in [4.78, 5) is 2.16. The molecule has 0 saturated heterocycles. The molecule has 128 valence electrons. The number of hydrogen-bond donors (Lipinski definition) is 2. The molecule has 0 fully saturated rings. The molecular formula is C19H25N3OS. The fourth-order valence-electron chi connectivity index (χ4n) is 2.30. The van der Waals surface area contributed by atoms with Gasteiger partial charge >= 0.3 is 0 Å². The smallest absolute Gasteiger partial charge is 0.166 e. The lowest BCUT2D eigenvalue weighted by Crippen LogP contribution is -2.34. The molecule has 0 aliphatic carbocycles. The van der Waals surface area contributed by atoms with Crippen molar-refractivity contribution in [2.75, 3.05) is 21.2 Å². The van der Waals surface area contributed by atoms with Crippen LogP contribution in [0, 0.1) is 0 Å². The highest BCUT2D eigenvalue weighted by atomic mass is 32.1. The number of nitrogens with zero attached hydrogens (tertiary/aromatic N) is 1. The van der Waals surface area contributed by atoms with E-state index >= 15 is 0 Å². The third kappa shape index (κ3) is 6.18. The Bertz CT molecular complexity index is 639. The van der Waals surface area contributed by atoms with Gasteiger partial charge in [-0.05, 0) is 55.1 Å². The van der Waals surface area contributed by atoms with Gasteiger partial charge in [0.05, 0.1) is 7.11 Å². The molecule has 0 spiro atoms. The van der Waals surface area contributed by atoms with Gasteiger partial charge < -0.3 is 20.3 Å². The van der Waals surface area contributed by atoms with E-state index in [1.807, 2.05) is 24.3 Å². The lowest BCUT2D eigenvalue weighted by atomic mass is 10.1. The zero-order chi connectivity index (χ0) is 17.4. The second-order valence-corrected chi connectivity index (χ2v) is 6.35. The maximum absolute atomic E-state index is 5.33. The van der Waals surface area contributed by atoms with Crippen LogP contribution in [0.15, 0.2) is 48.5 Å². The first-order valence-electron chi connectivity index (χ1n) is 7.94. The van der Waals surface area contributed by atoms with E-state index in [0.717, 1.165) is 24.4 Å². The Balaban J connectivity index is 1.74. The van der Waals surface area contributed by atoms with Crippen molar-refractivity contribution >= 4 is 17.3 Å². The van der Waals surface area contributed by atoms with Crippen molar-refractivity contribution in [3.63, 3.8) is 0 Å². The molecule has 2 rings (SSSR count). The summed E-state index contributed by atoms with van der Waals surface area (Å²) in [6, 6.07) is 16.5. The van der Waals surface area contributed by atoms with Crippen LogP contribution >= 0.6 is 12.2 Å². The maximum atomic E-state index is 5.33. The van der Waals surface area contributed by atoms with Gasteiger partial charge in [0.15, 0.2) is 5.11 Å². The van der Waals surface area contributed by atoms with Crippen LogP contribution in [0.2, 0.25) is 0 Å². The SMILES string of the molecule is COc1ccc(CNC(=S)NCc2ccc(CN(C)C)cc2)cc1. The molecule has 0 atom stereocenters. The molecule has 0 heterocycles. The number of hydrogen-bond acceptors (Lipinski definition) is 3. The minimum Gasteiger partial charge on any atom is -0.497 e. The van der Waals surface area contributed by atoms with E-state index in [-0.39, 0.29) is 0 Å². The summed E-state index contributed by atoms with van der Waals surface area (Å²) in [7, 11) is 5.81. The standard InChI is InChI=1S/C19H25N3OS/c1-22(2)14-17-6-4-15(5-7-17)12-20-19(24)21-13-16-8-10-18(23-3)11-9-16/h4-11H,12-14H2,1-3H3,(H2,20,21,24). The third-order valence-electron chi connectivity index (χ3n) is 3.59. The summed E-state index contributed by atoms with van der Waals surface area (Å²) in [5.74, 6) is 0.858. The maximum Gasteiger partial charge on any atom is 0.166 e. The Morgan fingerprint density at radius 2 is 1.33 bits per heavy atom. The van der Waals surface area contributed by atoms with E-state index in [1.54, 1.807) is 7.11 Å². The Morgan fingerprint density at radius 3 is 1.79 bits per heavy atom. The predicted octanol–water partition coefficient (Wildman–Crippen LogP) is 2.92. The molecule has 2 aromatic carbocycles. The quantitative estimate of drug-likeness (QED) is 0.756. The lowest BCUT2D eigenvalue weighted by molar-refractivity contribution is 0.402. The van der Waals surface area contributed by atoms with Crippen molar-refractivity contribution in [3.05, 3.63) is 65.2 Å². The normalized spacial score (nSPS) is 10.5. The minimum atomic E-state index is 0.656. The predicted molar refractivity (Wildman–Crippen MR) is 103 cm³/mol. The average molecular weight is 343 g/mol. The molecule has 0 aliphatic heterocycles. The molecule has 2 N–H and O–H groups in total. The lowest BCUT2D eigenvalue weighted by Gasteiger charge is -2.12. The molecule has 0 saturated carbocycles. The van der Waals surface area contributed by atoms with E-state index < -0.39 is 0 Å². The Hall–Kier alpha value is -2.11. The first kappa shape index (κ1) is 18.2. The highest BCUT2D eigenvalue weighted by Crippen LogP contribution is 2.11. The molecule has 4 nitrogen and oxygen atoms in total. The largest absolute Gasteiger partial charge is 0.497 e.